The lowest BCUT2D eigenvalue weighted by molar-refractivity contribution is 0.114. The van der Waals surface area contributed by atoms with E-state index >= 15 is 0 Å². The van der Waals surface area contributed by atoms with E-state index in [-0.39, 0.29) is 21.9 Å². The molecule has 0 aliphatic carbocycles. The molecule has 0 saturated carbocycles. The Kier molecular flexibility index (Phi) is 5.45. The predicted molar refractivity (Wildman–Crippen MR) is 123 cm³/mol. The van der Waals surface area contributed by atoms with Gasteiger partial charge in [-0.3, -0.25) is 0 Å². The first-order valence-electron chi connectivity index (χ1n) is 10.2. The lowest BCUT2D eigenvalue weighted by atomic mass is 9.89. The lowest BCUT2D eigenvalue weighted by Crippen LogP contribution is -2.40. The molecule has 3 heterocycles. The fraction of sp³-hybridized carbons (Fsp3) is 0.318. The quantitative estimate of drug-likeness (QED) is 0.496. The fourth-order valence-electron chi connectivity index (χ4n) is 4.93. The maximum Gasteiger partial charge on any atom is 0.245 e. The van der Waals surface area contributed by atoms with Crippen molar-refractivity contribution in [1.82, 2.24) is 14.3 Å². The van der Waals surface area contributed by atoms with Crippen LogP contribution in [0.15, 0.2) is 52.0 Å². The number of imidazole rings is 1. The summed E-state index contributed by atoms with van der Waals surface area (Å²) in [5.41, 5.74) is 1.75. The number of rotatable bonds is 4. The van der Waals surface area contributed by atoms with Gasteiger partial charge in [-0.1, -0.05) is 24.6 Å². The van der Waals surface area contributed by atoms with Crippen LogP contribution in [0, 0.1) is 11.7 Å². The van der Waals surface area contributed by atoms with Crippen molar-refractivity contribution >= 4 is 37.6 Å². The Morgan fingerprint density at radius 2 is 1.97 bits per heavy atom. The van der Waals surface area contributed by atoms with Crippen molar-refractivity contribution in [3.05, 3.63) is 57.9 Å². The average Bonchev–Trinajstić information content (AvgIpc) is 3.43. The summed E-state index contributed by atoms with van der Waals surface area (Å²) in [7, 11) is -3.91. The second-order valence-electron chi connectivity index (χ2n) is 8.41. The van der Waals surface area contributed by atoms with Gasteiger partial charge in [-0.05, 0) is 65.0 Å². The number of aromatic amines is 1. The molecule has 4 atom stereocenters. The Bertz CT molecular complexity index is 1300. The van der Waals surface area contributed by atoms with Crippen molar-refractivity contribution in [1.29, 1.82) is 0 Å². The number of nitrogens with one attached hydrogen (secondary N) is 1. The van der Waals surface area contributed by atoms with Gasteiger partial charge in [-0.25, -0.2) is 17.8 Å². The van der Waals surface area contributed by atoms with Crippen LogP contribution in [-0.4, -0.2) is 46.0 Å². The molecular formula is C22H20BrClFN3O3S. The molecule has 2 aliphatic heterocycles. The Morgan fingerprint density at radius 3 is 2.66 bits per heavy atom. The number of fused-ring (bicyclic) bond motifs is 2. The van der Waals surface area contributed by atoms with E-state index in [1.807, 2.05) is 6.92 Å². The van der Waals surface area contributed by atoms with Gasteiger partial charge in [-0.15, -0.1) is 0 Å². The van der Waals surface area contributed by atoms with Crippen molar-refractivity contribution in [2.75, 3.05) is 0 Å². The minimum Gasteiger partial charge on any atom is -0.391 e. The Morgan fingerprint density at radius 1 is 1.22 bits per heavy atom. The molecule has 0 spiro atoms. The second kappa shape index (κ2) is 7.92. The zero-order valence-corrected chi connectivity index (χ0v) is 20.1. The third-order valence-electron chi connectivity index (χ3n) is 6.35. The Labute approximate surface area is 198 Å². The van der Waals surface area contributed by atoms with Crippen LogP contribution in [0.3, 0.4) is 0 Å². The number of aliphatic hydroxyl groups excluding tert-OH is 1. The van der Waals surface area contributed by atoms with E-state index in [1.165, 1.54) is 22.5 Å². The van der Waals surface area contributed by atoms with E-state index in [0.717, 1.165) is 6.42 Å². The van der Waals surface area contributed by atoms with Crippen LogP contribution >= 0.6 is 27.5 Å². The maximum absolute atomic E-state index is 13.9. The van der Waals surface area contributed by atoms with Gasteiger partial charge >= 0.3 is 0 Å². The number of halogens is 3. The molecule has 2 N–H and O–H groups in total. The summed E-state index contributed by atoms with van der Waals surface area (Å²) in [4.78, 5) is 7.46. The third kappa shape index (κ3) is 3.51. The lowest BCUT2D eigenvalue weighted by Gasteiger charge is -2.25. The zero-order valence-electron chi connectivity index (χ0n) is 17.0. The molecule has 168 valence electrons. The van der Waals surface area contributed by atoms with Crippen molar-refractivity contribution in [2.24, 2.45) is 5.92 Å². The van der Waals surface area contributed by atoms with Gasteiger partial charge in [0.05, 0.1) is 33.5 Å². The summed E-state index contributed by atoms with van der Waals surface area (Å²) in [6.07, 6.45) is 2.07. The number of sulfonamides is 1. The summed E-state index contributed by atoms with van der Waals surface area (Å²) in [6, 6.07) is 8.79. The fourth-order valence-corrected chi connectivity index (χ4v) is 7.64. The summed E-state index contributed by atoms with van der Waals surface area (Å²) >= 11 is 9.46. The van der Waals surface area contributed by atoms with Gasteiger partial charge < -0.3 is 10.1 Å². The standard InChI is InChI=1S/C22H20BrClFN3O3S/c1-11-6-14-9-19(29)21(11)28(14)32(30,31)20-8-13(3-5-16(20)24)22-26-10-18(27-22)12-2-4-15(23)17(25)7-12/h2-5,7-8,10-11,14,19,21,29H,6,9H2,1H3,(H,26,27)/t11-,14?,19-,21?/m1/s1. The molecule has 10 heteroatoms. The molecular weight excluding hydrogens is 521 g/mol. The third-order valence-corrected chi connectivity index (χ3v) is 9.43. The molecule has 2 aromatic carbocycles. The van der Waals surface area contributed by atoms with Crippen molar-refractivity contribution in [3.63, 3.8) is 0 Å². The normalized spacial score (nSPS) is 25.5. The first-order valence-corrected chi connectivity index (χ1v) is 12.8. The summed E-state index contributed by atoms with van der Waals surface area (Å²) in [5, 5.41) is 10.5. The monoisotopic (exact) mass is 539 g/mol. The van der Waals surface area contributed by atoms with Crippen LogP contribution < -0.4 is 0 Å². The van der Waals surface area contributed by atoms with Crippen molar-refractivity contribution in [2.45, 2.75) is 42.8 Å². The Balaban J connectivity index is 1.51. The first kappa shape index (κ1) is 22.0. The van der Waals surface area contributed by atoms with Crippen molar-refractivity contribution in [3.8, 4) is 22.6 Å². The molecule has 32 heavy (non-hydrogen) atoms. The highest BCUT2D eigenvalue weighted by Crippen LogP contribution is 2.46. The van der Waals surface area contributed by atoms with Gasteiger partial charge in [0.15, 0.2) is 0 Å². The molecule has 2 aliphatic rings. The molecule has 3 aromatic rings. The van der Waals surface area contributed by atoms with Crippen LogP contribution in [0.1, 0.15) is 19.8 Å². The van der Waals surface area contributed by atoms with E-state index in [2.05, 4.69) is 25.9 Å². The number of aromatic nitrogens is 2. The summed E-state index contributed by atoms with van der Waals surface area (Å²) < 4.78 is 42.8. The minimum absolute atomic E-state index is 0.0116. The Hall–Kier alpha value is -1.78. The highest BCUT2D eigenvalue weighted by Gasteiger charge is 2.55. The van der Waals surface area contributed by atoms with Gasteiger partial charge in [0.2, 0.25) is 10.0 Å². The number of H-pyrrole nitrogens is 1. The van der Waals surface area contributed by atoms with Gasteiger partial charge in [-0.2, -0.15) is 4.31 Å². The smallest absolute Gasteiger partial charge is 0.245 e. The molecule has 2 unspecified atom stereocenters. The molecule has 2 bridgehead atoms. The largest absolute Gasteiger partial charge is 0.391 e. The van der Waals surface area contributed by atoms with Crippen LogP contribution in [-0.2, 0) is 10.0 Å². The molecule has 1 aromatic heterocycles. The maximum atomic E-state index is 13.9. The highest BCUT2D eigenvalue weighted by molar-refractivity contribution is 9.10. The van der Waals surface area contributed by atoms with Gasteiger partial charge in [0.25, 0.3) is 0 Å². The minimum atomic E-state index is -3.91. The van der Waals surface area contributed by atoms with Crippen LogP contribution in [0.25, 0.3) is 22.6 Å². The van der Waals surface area contributed by atoms with E-state index in [4.69, 9.17) is 11.6 Å². The topological polar surface area (TPSA) is 86.3 Å². The van der Waals surface area contributed by atoms with Crippen LogP contribution in [0.4, 0.5) is 4.39 Å². The molecule has 2 fully saturated rings. The average molecular weight is 541 g/mol. The molecule has 5 rings (SSSR count). The summed E-state index contributed by atoms with van der Waals surface area (Å²) in [6.45, 7) is 1.96. The number of benzene rings is 2. The zero-order chi connectivity index (χ0) is 22.8. The van der Waals surface area contributed by atoms with E-state index in [9.17, 15) is 17.9 Å². The van der Waals surface area contributed by atoms with Gasteiger partial charge in [0, 0.05) is 17.2 Å². The predicted octanol–water partition coefficient (Wildman–Crippen LogP) is 4.83. The van der Waals surface area contributed by atoms with Gasteiger partial charge in [0.1, 0.15) is 16.5 Å². The SMILES string of the molecule is C[C@@H]1CC2C[C@@H](O)C1N2S(=O)(=O)c1cc(-c2ncc(-c3ccc(Br)c(F)c3)[nH]2)ccc1Cl. The molecule has 0 amide bonds. The molecule has 0 radical (unpaired) electrons. The number of nitrogens with zero attached hydrogens (tertiary/aromatic N) is 2. The van der Waals surface area contributed by atoms with E-state index in [0.29, 0.717) is 33.5 Å². The second-order valence-corrected chi connectivity index (χ2v) is 11.5. The van der Waals surface area contributed by atoms with E-state index in [1.54, 1.807) is 24.4 Å². The first-order chi connectivity index (χ1) is 15.2. The van der Waals surface area contributed by atoms with Crippen LogP contribution in [0.2, 0.25) is 5.02 Å². The highest BCUT2D eigenvalue weighted by atomic mass is 79.9. The number of aliphatic hydroxyl groups is 1. The van der Waals surface area contributed by atoms with Crippen molar-refractivity contribution < 1.29 is 17.9 Å². The molecule has 6 nitrogen and oxygen atoms in total. The van der Waals surface area contributed by atoms with E-state index < -0.39 is 28.0 Å². The number of hydrogen-bond donors (Lipinski definition) is 2. The van der Waals surface area contributed by atoms with Crippen LogP contribution in [0.5, 0.6) is 0 Å². The summed E-state index contributed by atoms with van der Waals surface area (Å²) in [5.74, 6) is 0.129. The molecule has 2 saturated heterocycles. The number of hydrogen-bond acceptors (Lipinski definition) is 4.